The molecule has 15 nitrogen and oxygen atoms in total. The number of H-pyrrole nitrogens is 1. The van der Waals surface area contributed by atoms with Gasteiger partial charge in [-0.25, -0.2) is 0 Å². The van der Waals surface area contributed by atoms with E-state index in [2.05, 4.69) is 47.1 Å². The molecule has 1 aromatic heterocycles. The number of aromatic amines is 1. The minimum Gasteiger partial charge on any atom is -0.508 e. The van der Waals surface area contributed by atoms with E-state index >= 15 is 4.79 Å². The van der Waals surface area contributed by atoms with E-state index in [9.17, 15) is 40.2 Å². The van der Waals surface area contributed by atoms with Crippen molar-refractivity contribution in [2.75, 3.05) is 19.7 Å². The molecule has 12 N–H and O–H groups in total. The van der Waals surface area contributed by atoms with Crippen molar-refractivity contribution in [3.05, 3.63) is 76.8 Å². The molecular formula is C63H85N5O10. The molecule has 2 heterocycles. The van der Waals surface area contributed by atoms with E-state index in [0.29, 0.717) is 49.5 Å². The van der Waals surface area contributed by atoms with Crippen molar-refractivity contribution in [3.63, 3.8) is 0 Å². The van der Waals surface area contributed by atoms with Crippen molar-refractivity contribution in [2.45, 2.75) is 159 Å². The number of guanidine groups is 1. The number of hydrogen-bond acceptors (Lipinski definition) is 12. The molecule has 2 bridgehead atoms. The largest absolute Gasteiger partial charge is 0.508 e. The lowest BCUT2D eigenvalue weighted by atomic mass is 9.37. The van der Waals surface area contributed by atoms with Gasteiger partial charge in [0.2, 0.25) is 0 Å². The van der Waals surface area contributed by atoms with Crippen LogP contribution in [0.3, 0.4) is 0 Å². The van der Waals surface area contributed by atoms with Gasteiger partial charge in [-0.3, -0.25) is 19.4 Å². The van der Waals surface area contributed by atoms with Gasteiger partial charge in [0.05, 0.1) is 54.3 Å². The highest BCUT2D eigenvalue weighted by molar-refractivity contribution is 6.00. The summed E-state index contributed by atoms with van der Waals surface area (Å²) < 4.78 is 5.96. The minimum atomic E-state index is -1.85. The number of ether oxygens (including phenoxy) is 1. The Bertz CT molecular complexity index is 2780. The van der Waals surface area contributed by atoms with Crippen LogP contribution >= 0.6 is 0 Å². The quantitative estimate of drug-likeness (QED) is 0.0433. The number of carbonyl (C=O) groups is 3. The van der Waals surface area contributed by atoms with Gasteiger partial charge in [-0.1, -0.05) is 50.5 Å². The summed E-state index contributed by atoms with van der Waals surface area (Å²) in [5.41, 5.74) is 10.4. The molecule has 21 atom stereocenters. The van der Waals surface area contributed by atoms with Crippen molar-refractivity contribution in [1.29, 1.82) is 0 Å². The van der Waals surface area contributed by atoms with Gasteiger partial charge in [0.1, 0.15) is 5.75 Å². The van der Waals surface area contributed by atoms with Crippen LogP contribution < -0.4 is 16.8 Å². The number of aliphatic hydroxyl groups excluding tert-OH is 3. The molecule has 1 aliphatic heterocycles. The Morgan fingerprint density at radius 2 is 1.71 bits per heavy atom. The van der Waals surface area contributed by atoms with E-state index in [1.807, 2.05) is 25.4 Å². The van der Waals surface area contributed by atoms with Gasteiger partial charge in [-0.05, 0) is 184 Å². The molecule has 422 valence electrons. The molecule has 6 fully saturated rings. The van der Waals surface area contributed by atoms with Gasteiger partial charge in [0.25, 0.3) is 0 Å². The third kappa shape index (κ3) is 9.16. The highest BCUT2D eigenvalue weighted by atomic mass is 16.5. The topological polar surface area (TPSA) is 274 Å². The number of Topliss-reactive ketones (excluding diaryl/α,β-unsaturated/α-hetero) is 2. The maximum Gasteiger partial charge on any atom is 0.313 e. The normalized spacial score (nSPS) is 43.9. The lowest BCUT2D eigenvalue weighted by molar-refractivity contribution is -0.227. The van der Waals surface area contributed by atoms with Crippen molar-refractivity contribution in [1.82, 2.24) is 10.3 Å². The lowest BCUT2D eigenvalue weighted by Gasteiger charge is -2.68. The average Bonchev–Trinajstić information content (AvgIpc) is 2.10. The number of benzene rings is 1. The Hall–Kier alpha value is -4.98. The second-order valence-corrected chi connectivity index (χ2v) is 26.7. The number of nitrogens with one attached hydrogen (secondary N) is 2. The minimum absolute atomic E-state index is 0.0199. The Labute approximate surface area is 459 Å². The van der Waals surface area contributed by atoms with Crippen LogP contribution in [0, 0.1) is 99.6 Å². The van der Waals surface area contributed by atoms with Crippen molar-refractivity contribution in [3.8, 4) is 17.6 Å². The van der Waals surface area contributed by atoms with Crippen LogP contribution in [0.25, 0.3) is 0 Å². The first-order valence-corrected chi connectivity index (χ1v) is 29.5. The number of aromatic hydroxyl groups is 1. The SMILES string of the molecule is C[C@H]1CCC2=CC[C@@H]3[C@H](C[C@H]([C@@H]4COC(=O)[C@@H]4c4cc[nH]c4)C#CC[C@@H]4C[C@@]5(O)C6=C(NCC(=O)CCc7ccc(O)cc7)C(=O)[C@@H]7C[C@@H](O)[C@@H](O)C[C@]7(C)[C@H]6[C@H]6CC[C@H](CN=C(N)N)[C@@]5(C6)[C@H]4[C@@](C)(O)[C@H](O)C[C@H]3C)[C@H]2C1. The number of aromatic nitrogens is 1. The van der Waals surface area contributed by atoms with Gasteiger partial charge < -0.3 is 57.1 Å². The number of phenolic OH excluding ortho intramolecular Hbond substituents is 1. The van der Waals surface area contributed by atoms with E-state index < -0.39 is 75.9 Å². The van der Waals surface area contributed by atoms with Crippen LogP contribution in [0.2, 0.25) is 0 Å². The van der Waals surface area contributed by atoms with Gasteiger partial charge in [-0.15, -0.1) is 5.92 Å². The van der Waals surface area contributed by atoms with Crippen LogP contribution in [0.4, 0.5) is 0 Å². The molecule has 78 heavy (non-hydrogen) atoms. The number of aliphatic hydroxyl groups is 5. The molecule has 8 aliphatic carbocycles. The second kappa shape index (κ2) is 20.8. The predicted octanol–water partition coefficient (Wildman–Crippen LogP) is 5.97. The number of ketones is 2. The molecule has 0 radical (unpaired) electrons. The Morgan fingerprint density at radius 1 is 0.923 bits per heavy atom. The molecule has 1 spiro atoms. The number of rotatable bonds is 10. The zero-order valence-electron chi connectivity index (χ0n) is 46.1. The Balaban J connectivity index is 1.06. The summed E-state index contributed by atoms with van der Waals surface area (Å²) in [7, 11) is 0. The fourth-order valence-corrected chi connectivity index (χ4v) is 19.0. The molecule has 15 heteroatoms. The number of allylic oxidation sites excluding steroid dienone is 3. The van der Waals surface area contributed by atoms with E-state index in [1.54, 1.807) is 31.2 Å². The number of fused-ring (bicyclic) bond motifs is 10. The third-order valence-electron chi connectivity index (χ3n) is 22.5. The second-order valence-electron chi connectivity index (χ2n) is 26.7. The van der Waals surface area contributed by atoms with E-state index in [1.165, 1.54) is 5.57 Å². The van der Waals surface area contributed by atoms with Gasteiger partial charge in [0.15, 0.2) is 17.5 Å². The fraction of sp³-hybridized carbons (Fsp3) is 0.683. The standard InChI is InChI=1S/C63H85N5O10/c1-33-8-12-36-14-19-44-34(2)23-51(73)61(4,76)57-39(7-5-6-37(24-46(44)45(36)22-33)47-32-78-58(75)52(47)40-20-21-66-29-40)27-63(77)54-53(38-13-15-41(30-68-59(64)65)62(57,63)26-38)60(3)28-50(72)49(71)25-48(60)56(74)55(54)67-31-43(70)18-11-35-9-16-42(69)17-10-35/h9-10,14,16-17,20-21,29,33-34,37-39,41,44-53,57,66-67,69,71-73,76-77H,7-8,11-13,15,18-19,22-28,30-32H2,1-4H3,(H4,64,65,68)/t33-,34+,37+,38-,39+,41+,44-,45-,46-,47-,48-,49+,50-,51+,52+,53-,57+,60-,61-,62-,63+/m0/s1. The van der Waals surface area contributed by atoms with E-state index in [0.717, 1.165) is 43.2 Å². The van der Waals surface area contributed by atoms with Crippen molar-refractivity contribution in [2.24, 2.45) is 104 Å². The first kappa shape index (κ1) is 55.0. The Morgan fingerprint density at radius 3 is 2.45 bits per heavy atom. The molecule has 0 unspecified atom stereocenters. The Kier molecular flexibility index (Phi) is 14.7. The number of esters is 1. The van der Waals surface area contributed by atoms with Crippen LogP contribution in [-0.2, 0) is 25.5 Å². The number of aliphatic imine (C=N–C) groups is 1. The smallest absolute Gasteiger partial charge is 0.313 e. The highest BCUT2D eigenvalue weighted by Gasteiger charge is 2.78. The summed E-state index contributed by atoms with van der Waals surface area (Å²) in [5, 5.41) is 77.8. The van der Waals surface area contributed by atoms with Crippen molar-refractivity contribution < 1.29 is 49.8 Å². The van der Waals surface area contributed by atoms with Gasteiger partial charge >= 0.3 is 5.97 Å². The number of nitrogens with two attached hydrogens (primary N) is 2. The maximum atomic E-state index is 15.6. The molecule has 2 aromatic rings. The zero-order chi connectivity index (χ0) is 55.2. The molecule has 11 rings (SSSR count). The first-order chi connectivity index (χ1) is 37.2. The van der Waals surface area contributed by atoms with Crippen LogP contribution in [-0.4, -0.2) is 108 Å². The van der Waals surface area contributed by atoms with Crippen LogP contribution in [0.15, 0.2) is 70.6 Å². The maximum absolute atomic E-state index is 15.6. The van der Waals surface area contributed by atoms with Crippen LogP contribution in [0.1, 0.15) is 135 Å². The van der Waals surface area contributed by atoms with E-state index in [-0.39, 0.29) is 122 Å². The number of nitrogens with zero attached hydrogens (tertiary/aromatic N) is 1. The summed E-state index contributed by atoms with van der Waals surface area (Å²) in [6.07, 6.45) is 10.5. The highest BCUT2D eigenvalue weighted by Crippen LogP contribution is 2.77. The van der Waals surface area contributed by atoms with Crippen LogP contribution in [0.5, 0.6) is 5.75 Å². The number of carbonyl (C=O) groups excluding carboxylic acids is 3. The lowest BCUT2D eigenvalue weighted by Crippen LogP contribution is -2.70. The summed E-state index contributed by atoms with van der Waals surface area (Å²) in [4.78, 5) is 51.3. The molecule has 5 saturated carbocycles. The average molecular weight is 1070 g/mol. The summed E-state index contributed by atoms with van der Waals surface area (Å²) in [6, 6.07) is 8.64. The van der Waals surface area contributed by atoms with Gasteiger partial charge in [-0.2, -0.15) is 0 Å². The number of phenols is 1. The molecule has 1 aromatic carbocycles. The van der Waals surface area contributed by atoms with E-state index in [4.69, 9.17) is 16.2 Å². The molecule has 1 saturated heterocycles. The molecular weight excluding hydrogens is 987 g/mol. The zero-order valence-corrected chi connectivity index (χ0v) is 46.1. The molecule has 9 aliphatic rings. The third-order valence-corrected chi connectivity index (χ3v) is 22.5. The van der Waals surface area contributed by atoms with Crippen molar-refractivity contribution >= 4 is 23.5 Å². The first-order valence-electron chi connectivity index (χ1n) is 29.5. The fourth-order valence-electron chi connectivity index (χ4n) is 19.0. The number of hydrogen-bond donors (Lipinski definition) is 10. The summed E-state index contributed by atoms with van der Waals surface area (Å²) >= 11 is 0. The summed E-state index contributed by atoms with van der Waals surface area (Å²) in [5.74, 6) is 3.87. The number of aryl methyl sites for hydroxylation is 1. The summed E-state index contributed by atoms with van der Waals surface area (Å²) in [6.45, 7) is 8.49. The predicted molar refractivity (Wildman–Crippen MR) is 293 cm³/mol. The number of cyclic esters (lactones) is 1. The van der Waals surface area contributed by atoms with Gasteiger partial charge in [0, 0.05) is 60.9 Å². The molecule has 0 amide bonds. The monoisotopic (exact) mass is 1070 g/mol.